The first-order valence-corrected chi connectivity index (χ1v) is 7.49. The van der Waals surface area contributed by atoms with Crippen LogP contribution >= 0.6 is 11.6 Å². The van der Waals surface area contributed by atoms with Gasteiger partial charge in [0.2, 0.25) is 5.91 Å². The summed E-state index contributed by atoms with van der Waals surface area (Å²) in [7, 11) is 1.30. The Bertz CT molecular complexity index is 714. The highest BCUT2D eigenvalue weighted by molar-refractivity contribution is 6.30. The fraction of sp³-hybridized carbons (Fsp3) is 0.294. The zero-order valence-electron chi connectivity index (χ0n) is 12.8. The molecule has 0 unspecified atom stereocenters. The minimum absolute atomic E-state index is 0.204. The smallest absolute Gasteiger partial charge is 0.328 e. The fourth-order valence-electron chi connectivity index (χ4n) is 2.56. The molecule has 0 aliphatic heterocycles. The number of benzene rings is 2. The van der Waals surface area contributed by atoms with Gasteiger partial charge in [-0.25, -0.2) is 4.79 Å². The molecule has 1 atom stereocenters. The lowest BCUT2D eigenvalue weighted by Crippen LogP contribution is -2.45. The van der Waals surface area contributed by atoms with Crippen LogP contribution < -0.4 is 4.90 Å². The van der Waals surface area contributed by atoms with Gasteiger partial charge in [-0.05, 0) is 24.8 Å². The summed E-state index contributed by atoms with van der Waals surface area (Å²) < 4.78 is 4.79. The van der Waals surface area contributed by atoms with Crippen molar-refractivity contribution in [1.29, 1.82) is 0 Å². The van der Waals surface area contributed by atoms with Gasteiger partial charge in [0.1, 0.15) is 11.9 Å². The second-order valence-corrected chi connectivity index (χ2v) is 5.32. The number of ether oxygens (including phenoxy) is 1. The number of anilines is 1. The molecular weight excluding hydrogens is 302 g/mol. The van der Waals surface area contributed by atoms with Crippen molar-refractivity contribution in [1.82, 2.24) is 0 Å². The summed E-state index contributed by atoms with van der Waals surface area (Å²) in [5, 5.41) is 1.89. The van der Waals surface area contributed by atoms with Gasteiger partial charge in [0, 0.05) is 5.39 Å². The predicted octanol–water partition coefficient (Wildman–Crippen LogP) is 3.28. The molecule has 0 bridgehead atoms. The van der Waals surface area contributed by atoms with Gasteiger partial charge in [-0.3, -0.25) is 9.69 Å². The minimum Gasteiger partial charge on any atom is -0.467 e. The summed E-state index contributed by atoms with van der Waals surface area (Å²) in [4.78, 5) is 25.7. The van der Waals surface area contributed by atoms with E-state index < -0.39 is 12.0 Å². The predicted molar refractivity (Wildman–Crippen MR) is 88.4 cm³/mol. The number of amides is 1. The summed E-state index contributed by atoms with van der Waals surface area (Å²) in [5.41, 5.74) is 1.59. The number of carbonyl (C=O) groups excluding carboxylic acids is 2. The molecule has 1 amide bonds. The van der Waals surface area contributed by atoms with Crippen molar-refractivity contribution >= 4 is 39.9 Å². The van der Waals surface area contributed by atoms with Gasteiger partial charge >= 0.3 is 5.97 Å². The Morgan fingerprint density at radius 2 is 1.91 bits per heavy atom. The molecule has 4 nitrogen and oxygen atoms in total. The summed E-state index contributed by atoms with van der Waals surface area (Å²) in [6.45, 7) is 3.54. The summed E-state index contributed by atoms with van der Waals surface area (Å²) >= 11 is 5.75. The molecule has 0 aliphatic rings. The van der Waals surface area contributed by atoms with Crippen LogP contribution in [0.1, 0.15) is 12.5 Å². The van der Waals surface area contributed by atoms with Crippen molar-refractivity contribution in [3.8, 4) is 0 Å². The Hall–Kier alpha value is -2.07. The molecule has 0 N–H and O–H groups in total. The van der Waals surface area contributed by atoms with E-state index in [1.54, 1.807) is 6.92 Å². The molecule has 0 aliphatic carbocycles. The van der Waals surface area contributed by atoms with Gasteiger partial charge < -0.3 is 4.74 Å². The molecule has 0 spiro atoms. The summed E-state index contributed by atoms with van der Waals surface area (Å²) in [5.74, 6) is -1.02. The van der Waals surface area contributed by atoms with E-state index in [4.69, 9.17) is 16.3 Å². The molecule has 0 saturated heterocycles. The van der Waals surface area contributed by atoms with E-state index in [-0.39, 0.29) is 11.8 Å². The minimum atomic E-state index is -0.749. The maximum atomic E-state index is 12.4. The highest BCUT2D eigenvalue weighted by Crippen LogP contribution is 2.32. The van der Waals surface area contributed by atoms with Gasteiger partial charge in [0.25, 0.3) is 0 Å². The highest BCUT2D eigenvalue weighted by atomic mass is 35.5. The average molecular weight is 320 g/mol. The van der Waals surface area contributed by atoms with E-state index >= 15 is 0 Å². The number of alkyl halides is 1. The molecule has 2 aromatic carbocycles. The molecule has 5 heteroatoms. The molecule has 0 radical (unpaired) electrons. The van der Waals surface area contributed by atoms with E-state index in [1.165, 1.54) is 12.0 Å². The van der Waals surface area contributed by atoms with Crippen LogP contribution in [0.15, 0.2) is 36.4 Å². The second-order valence-electron chi connectivity index (χ2n) is 5.05. The number of hydrogen-bond acceptors (Lipinski definition) is 3. The fourth-order valence-corrected chi connectivity index (χ4v) is 2.69. The molecule has 0 saturated carbocycles. The monoisotopic (exact) mass is 319 g/mol. The molecule has 2 aromatic rings. The lowest BCUT2D eigenvalue weighted by molar-refractivity contribution is -0.142. The van der Waals surface area contributed by atoms with Crippen molar-refractivity contribution in [2.45, 2.75) is 19.9 Å². The summed E-state index contributed by atoms with van der Waals surface area (Å²) in [6.07, 6.45) is 0. The van der Waals surface area contributed by atoms with E-state index in [1.807, 2.05) is 43.3 Å². The number of fused-ring (bicyclic) bond motifs is 1. The zero-order chi connectivity index (χ0) is 16.3. The standard InChI is InChI=1S/C17H18ClNO3/c1-11-8-9-13-6-4-5-7-14(13)16(11)19(15(20)10-18)12(2)17(21)22-3/h4-9,12H,10H2,1-3H3/t12-/m0/s1. The van der Waals surface area contributed by atoms with Gasteiger partial charge in [-0.1, -0.05) is 36.4 Å². The number of aryl methyl sites for hydroxylation is 1. The van der Waals surface area contributed by atoms with Crippen LogP contribution in [0.2, 0.25) is 0 Å². The van der Waals surface area contributed by atoms with Gasteiger partial charge in [0.15, 0.2) is 0 Å². The Kier molecular flexibility index (Phi) is 5.03. The lowest BCUT2D eigenvalue weighted by atomic mass is 10.0. The average Bonchev–Trinajstić information content (AvgIpc) is 2.55. The Morgan fingerprint density at radius 3 is 2.55 bits per heavy atom. The number of rotatable bonds is 4. The third-order valence-corrected chi connectivity index (χ3v) is 3.88. The maximum Gasteiger partial charge on any atom is 0.328 e. The van der Waals surface area contributed by atoms with Crippen LogP contribution in [0, 0.1) is 6.92 Å². The molecule has 2 rings (SSSR count). The van der Waals surface area contributed by atoms with Gasteiger partial charge in [0.05, 0.1) is 12.8 Å². The normalized spacial score (nSPS) is 12.0. The number of esters is 1. The topological polar surface area (TPSA) is 46.6 Å². The third-order valence-electron chi connectivity index (χ3n) is 3.66. The van der Waals surface area contributed by atoms with Crippen molar-refractivity contribution in [2.75, 3.05) is 17.9 Å². The molecule has 0 heterocycles. The van der Waals surface area contributed by atoms with Crippen molar-refractivity contribution < 1.29 is 14.3 Å². The Morgan fingerprint density at radius 1 is 1.23 bits per heavy atom. The van der Waals surface area contributed by atoms with E-state index in [0.29, 0.717) is 5.69 Å². The first-order valence-electron chi connectivity index (χ1n) is 6.95. The van der Waals surface area contributed by atoms with Crippen molar-refractivity contribution in [2.24, 2.45) is 0 Å². The van der Waals surface area contributed by atoms with Crippen LogP contribution in [0.25, 0.3) is 10.8 Å². The Balaban J connectivity index is 2.69. The van der Waals surface area contributed by atoms with Crippen LogP contribution in [0.3, 0.4) is 0 Å². The van der Waals surface area contributed by atoms with Gasteiger partial charge in [-0.15, -0.1) is 11.6 Å². The second kappa shape index (κ2) is 6.79. The number of methoxy groups -OCH3 is 1. The van der Waals surface area contributed by atoms with E-state index in [0.717, 1.165) is 16.3 Å². The first-order chi connectivity index (χ1) is 10.5. The Labute approximate surface area is 134 Å². The zero-order valence-corrected chi connectivity index (χ0v) is 13.6. The maximum absolute atomic E-state index is 12.4. The van der Waals surface area contributed by atoms with Crippen LogP contribution in [-0.2, 0) is 14.3 Å². The number of nitrogens with zero attached hydrogens (tertiary/aromatic N) is 1. The van der Waals surface area contributed by atoms with E-state index in [2.05, 4.69) is 0 Å². The molecular formula is C17H18ClNO3. The van der Waals surface area contributed by atoms with Crippen molar-refractivity contribution in [3.05, 3.63) is 42.0 Å². The van der Waals surface area contributed by atoms with Crippen LogP contribution in [0.5, 0.6) is 0 Å². The quantitative estimate of drug-likeness (QED) is 0.642. The number of carbonyl (C=O) groups is 2. The van der Waals surface area contributed by atoms with Crippen LogP contribution in [0.4, 0.5) is 5.69 Å². The molecule has 116 valence electrons. The first kappa shape index (κ1) is 16.3. The molecule has 0 aromatic heterocycles. The number of halogens is 1. The lowest BCUT2D eigenvalue weighted by Gasteiger charge is -2.29. The van der Waals surface area contributed by atoms with Gasteiger partial charge in [-0.2, -0.15) is 0 Å². The molecule has 0 fully saturated rings. The molecule has 22 heavy (non-hydrogen) atoms. The van der Waals surface area contributed by atoms with Crippen molar-refractivity contribution in [3.63, 3.8) is 0 Å². The highest BCUT2D eigenvalue weighted by Gasteiger charge is 2.29. The SMILES string of the molecule is COC(=O)[C@H](C)N(C(=O)CCl)c1c(C)ccc2ccccc12. The summed E-state index contributed by atoms with van der Waals surface area (Å²) in [6, 6.07) is 10.9. The van der Waals surface area contributed by atoms with Crippen LogP contribution in [-0.4, -0.2) is 30.9 Å². The number of hydrogen-bond donors (Lipinski definition) is 0. The third kappa shape index (κ3) is 2.92. The van der Waals surface area contributed by atoms with E-state index in [9.17, 15) is 9.59 Å². The largest absolute Gasteiger partial charge is 0.467 e.